The predicted octanol–water partition coefficient (Wildman–Crippen LogP) is 3.51. The minimum Gasteiger partial charge on any atom is -0.444 e. The van der Waals surface area contributed by atoms with Gasteiger partial charge in [-0.1, -0.05) is 12.2 Å². The average molecular weight is 313 g/mol. The third kappa shape index (κ3) is 6.83. The van der Waals surface area contributed by atoms with E-state index in [1.54, 1.807) is 11.0 Å². The van der Waals surface area contributed by atoms with Crippen molar-refractivity contribution >= 4 is 12.2 Å². The first-order chi connectivity index (χ1) is 10.3. The number of hydrogen-bond acceptors (Lipinski definition) is 5. The number of carbonyl (C=O) groups is 2. The van der Waals surface area contributed by atoms with Crippen LogP contribution >= 0.6 is 0 Å². The molecule has 0 bridgehead atoms. The van der Waals surface area contributed by atoms with E-state index in [-0.39, 0.29) is 18.7 Å². The molecule has 22 heavy (non-hydrogen) atoms. The van der Waals surface area contributed by atoms with Crippen molar-refractivity contribution in [2.75, 3.05) is 20.3 Å². The Hall–Kier alpha value is -1.72. The number of methoxy groups -OCH3 is 1. The van der Waals surface area contributed by atoms with E-state index < -0.39 is 11.8 Å². The molecule has 1 heterocycles. The summed E-state index contributed by atoms with van der Waals surface area (Å²) in [4.78, 5) is 24.8. The molecule has 6 heteroatoms. The van der Waals surface area contributed by atoms with Crippen LogP contribution in [0.3, 0.4) is 0 Å². The van der Waals surface area contributed by atoms with E-state index in [4.69, 9.17) is 9.47 Å². The zero-order valence-electron chi connectivity index (χ0n) is 14.0. The van der Waals surface area contributed by atoms with Gasteiger partial charge in [0.2, 0.25) is 0 Å². The largest absolute Gasteiger partial charge is 0.508 e. The normalized spacial score (nSPS) is 19.1. The van der Waals surface area contributed by atoms with Gasteiger partial charge in [0.25, 0.3) is 0 Å². The molecular weight excluding hydrogens is 286 g/mol. The number of ether oxygens (including phenoxy) is 3. The Morgan fingerprint density at radius 1 is 1.23 bits per heavy atom. The minimum atomic E-state index is -0.697. The molecule has 0 saturated carbocycles. The van der Waals surface area contributed by atoms with Gasteiger partial charge in [0.15, 0.2) is 0 Å². The van der Waals surface area contributed by atoms with Crippen LogP contribution in [0.15, 0.2) is 12.2 Å². The molecule has 0 radical (unpaired) electrons. The van der Waals surface area contributed by atoms with Crippen molar-refractivity contribution in [3.05, 3.63) is 12.2 Å². The van der Waals surface area contributed by atoms with E-state index in [9.17, 15) is 9.59 Å². The average Bonchev–Trinajstić information content (AvgIpc) is 2.45. The highest BCUT2D eigenvalue weighted by molar-refractivity contribution is 5.68. The molecule has 0 aliphatic carbocycles. The molecule has 1 atom stereocenters. The highest BCUT2D eigenvalue weighted by Gasteiger charge is 2.29. The lowest BCUT2D eigenvalue weighted by molar-refractivity contribution is 0.0102. The quantitative estimate of drug-likeness (QED) is 0.587. The molecule has 0 aromatic heterocycles. The first-order valence-corrected chi connectivity index (χ1v) is 7.69. The standard InChI is InChI=1S/C16H27NO5/c1-16(2,3)22-14(18)17-11-7-5-9-13(17)10-6-8-12-21-15(19)20-4/h6,8,13H,5,7,9-12H2,1-4H3/b8-6+/t13-/m0/s1. The lowest BCUT2D eigenvalue weighted by Crippen LogP contribution is -2.45. The van der Waals surface area contributed by atoms with Gasteiger partial charge in [-0.25, -0.2) is 9.59 Å². The van der Waals surface area contributed by atoms with Crippen LogP contribution in [-0.2, 0) is 14.2 Å². The second-order valence-corrected chi connectivity index (χ2v) is 6.30. The van der Waals surface area contributed by atoms with Crippen LogP contribution in [0.4, 0.5) is 9.59 Å². The van der Waals surface area contributed by atoms with Crippen LogP contribution in [0, 0.1) is 0 Å². The number of piperidine rings is 1. The third-order valence-electron chi connectivity index (χ3n) is 3.29. The van der Waals surface area contributed by atoms with E-state index in [1.807, 2.05) is 26.8 Å². The maximum absolute atomic E-state index is 12.2. The van der Waals surface area contributed by atoms with Crippen molar-refractivity contribution in [2.24, 2.45) is 0 Å². The summed E-state index contributed by atoms with van der Waals surface area (Å²) in [5.74, 6) is 0. The summed E-state index contributed by atoms with van der Waals surface area (Å²) >= 11 is 0. The van der Waals surface area contributed by atoms with Gasteiger partial charge in [-0.2, -0.15) is 0 Å². The first kappa shape index (κ1) is 18.3. The monoisotopic (exact) mass is 313 g/mol. The molecule has 126 valence electrons. The first-order valence-electron chi connectivity index (χ1n) is 7.69. The summed E-state index contributed by atoms with van der Waals surface area (Å²) < 4.78 is 14.6. The van der Waals surface area contributed by atoms with E-state index in [1.165, 1.54) is 7.11 Å². The molecule has 1 aliphatic heterocycles. The van der Waals surface area contributed by atoms with Gasteiger partial charge in [0, 0.05) is 12.6 Å². The van der Waals surface area contributed by atoms with Crippen molar-refractivity contribution in [3.63, 3.8) is 0 Å². The zero-order valence-corrected chi connectivity index (χ0v) is 14.0. The highest BCUT2D eigenvalue weighted by Crippen LogP contribution is 2.22. The van der Waals surface area contributed by atoms with Crippen molar-refractivity contribution in [3.8, 4) is 0 Å². The molecule has 1 saturated heterocycles. The second-order valence-electron chi connectivity index (χ2n) is 6.30. The lowest BCUT2D eigenvalue weighted by atomic mass is 9.99. The predicted molar refractivity (Wildman–Crippen MR) is 82.7 cm³/mol. The highest BCUT2D eigenvalue weighted by atomic mass is 16.7. The smallest absolute Gasteiger partial charge is 0.444 e. The van der Waals surface area contributed by atoms with Crippen LogP contribution in [0.25, 0.3) is 0 Å². The molecular formula is C16H27NO5. The molecule has 1 fully saturated rings. The molecule has 1 rings (SSSR count). The van der Waals surface area contributed by atoms with Gasteiger partial charge in [-0.05, 0) is 46.5 Å². The fraction of sp³-hybridized carbons (Fsp3) is 0.750. The number of carbonyl (C=O) groups excluding carboxylic acids is 2. The SMILES string of the molecule is COC(=O)OC/C=C/C[C@@H]1CCCCN1C(=O)OC(C)(C)C. The summed E-state index contributed by atoms with van der Waals surface area (Å²) in [6.45, 7) is 6.51. The maximum Gasteiger partial charge on any atom is 0.508 e. The fourth-order valence-electron chi connectivity index (χ4n) is 2.30. The van der Waals surface area contributed by atoms with Gasteiger partial charge in [0.1, 0.15) is 12.2 Å². The van der Waals surface area contributed by atoms with Gasteiger partial charge < -0.3 is 19.1 Å². The molecule has 0 unspecified atom stereocenters. The van der Waals surface area contributed by atoms with E-state index in [0.717, 1.165) is 32.2 Å². The second kappa shape index (κ2) is 8.66. The summed E-state index contributed by atoms with van der Waals surface area (Å²) in [6, 6.07) is 0.137. The maximum atomic E-state index is 12.2. The molecule has 0 spiro atoms. The number of nitrogens with zero attached hydrogens (tertiary/aromatic N) is 1. The minimum absolute atomic E-state index is 0.137. The summed E-state index contributed by atoms with van der Waals surface area (Å²) in [5.41, 5.74) is -0.483. The van der Waals surface area contributed by atoms with Crippen LogP contribution in [0.2, 0.25) is 0 Å². The van der Waals surface area contributed by atoms with Gasteiger partial charge in [-0.3, -0.25) is 0 Å². The molecule has 6 nitrogen and oxygen atoms in total. The third-order valence-corrected chi connectivity index (χ3v) is 3.29. The Morgan fingerprint density at radius 2 is 1.95 bits per heavy atom. The number of amides is 1. The Bertz CT molecular complexity index is 400. The van der Waals surface area contributed by atoms with Crippen LogP contribution in [-0.4, -0.2) is 49.1 Å². The van der Waals surface area contributed by atoms with Gasteiger partial charge in [-0.15, -0.1) is 0 Å². The van der Waals surface area contributed by atoms with Crippen LogP contribution < -0.4 is 0 Å². The van der Waals surface area contributed by atoms with Crippen molar-refractivity contribution < 1.29 is 23.8 Å². The van der Waals surface area contributed by atoms with E-state index >= 15 is 0 Å². The Morgan fingerprint density at radius 3 is 2.59 bits per heavy atom. The summed E-state index contributed by atoms with van der Waals surface area (Å²) in [7, 11) is 1.27. The molecule has 0 N–H and O–H groups in total. The Kier molecular flexibility index (Phi) is 7.21. The van der Waals surface area contributed by atoms with Crippen molar-refractivity contribution in [2.45, 2.75) is 58.1 Å². The lowest BCUT2D eigenvalue weighted by Gasteiger charge is -2.36. The fourth-order valence-corrected chi connectivity index (χ4v) is 2.30. The zero-order chi connectivity index (χ0) is 16.6. The van der Waals surface area contributed by atoms with E-state index in [2.05, 4.69) is 4.74 Å². The number of hydrogen-bond donors (Lipinski definition) is 0. The Balaban J connectivity index is 2.46. The van der Waals surface area contributed by atoms with E-state index in [0.29, 0.717) is 0 Å². The number of rotatable bonds is 4. The molecule has 1 aliphatic rings. The Labute approximate surface area is 132 Å². The van der Waals surface area contributed by atoms with Gasteiger partial charge in [0.05, 0.1) is 7.11 Å². The van der Waals surface area contributed by atoms with Crippen molar-refractivity contribution in [1.29, 1.82) is 0 Å². The molecule has 0 aromatic rings. The molecule has 0 aromatic carbocycles. The van der Waals surface area contributed by atoms with Gasteiger partial charge >= 0.3 is 12.2 Å². The summed E-state index contributed by atoms with van der Waals surface area (Å²) in [6.07, 6.45) is 6.54. The van der Waals surface area contributed by atoms with Crippen molar-refractivity contribution in [1.82, 2.24) is 4.90 Å². The topological polar surface area (TPSA) is 65.1 Å². The molecule has 1 amide bonds. The number of likely N-dealkylation sites (tertiary alicyclic amines) is 1. The van der Waals surface area contributed by atoms with Crippen LogP contribution in [0.1, 0.15) is 46.5 Å². The van der Waals surface area contributed by atoms with Crippen LogP contribution in [0.5, 0.6) is 0 Å². The summed E-state index contributed by atoms with van der Waals surface area (Å²) in [5, 5.41) is 0.